The first-order valence-electron chi connectivity index (χ1n) is 3.37. The first kappa shape index (κ1) is 13.5. The molecule has 0 rings (SSSR count). The average Bonchev–Trinajstić information content (AvgIpc) is 1.88. The minimum Gasteiger partial charge on any atom is -0.480 e. The van der Waals surface area contributed by atoms with Gasteiger partial charge in [0, 0.05) is 17.1 Å². The van der Waals surface area contributed by atoms with Gasteiger partial charge in [0.05, 0.1) is 0 Å². The third-order valence-electron chi connectivity index (χ3n) is 1.29. The fourth-order valence-corrected chi connectivity index (χ4v) is 0.632. The van der Waals surface area contributed by atoms with E-state index in [1.54, 1.807) is 0 Å². The van der Waals surface area contributed by atoms with E-state index in [2.05, 4.69) is 0 Å². The fraction of sp³-hybridized carbons (Fsp3) is 0.833. The summed E-state index contributed by atoms with van der Waals surface area (Å²) in [6, 6.07) is -0.716. The second kappa shape index (κ2) is 8.01. The van der Waals surface area contributed by atoms with Crippen LogP contribution in [0.25, 0.3) is 0 Å². The largest absolute Gasteiger partial charge is 0.480 e. The van der Waals surface area contributed by atoms with Gasteiger partial charge in [0.1, 0.15) is 6.04 Å². The Labute approximate surface area is 76.8 Å². The summed E-state index contributed by atoms with van der Waals surface area (Å²) in [6.07, 6.45) is 2.16. The van der Waals surface area contributed by atoms with Gasteiger partial charge in [-0.1, -0.05) is 6.42 Å². The van der Waals surface area contributed by atoms with Crippen LogP contribution in [0.15, 0.2) is 0 Å². The van der Waals surface area contributed by atoms with Crippen molar-refractivity contribution in [3.63, 3.8) is 0 Å². The van der Waals surface area contributed by atoms with Gasteiger partial charge < -0.3 is 16.6 Å². The first-order valence-corrected chi connectivity index (χ1v) is 3.37. The molecule has 2 radical (unpaired) electrons. The molecule has 0 fully saturated rings. The quantitative estimate of drug-likeness (QED) is 0.420. The van der Waals surface area contributed by atoms with E-state index < -0.39 is 12.0 Å². The smallest absolute Gasteiger partial charge is 0.320 e. The van der Waals surface area contributed by atoms with E-state index in [1.807, 2.05) is 0 Å². The van der Waals surface area contributed by atoms with E-state index in [9.17, 15) is 4.79 Å². The van der Waals surface area contributed by atoms with Gasteiger partial charge >= 0.3 is 5.97 Å². The molecule has 66 valence electrons. The maximum atomic E-state index is 10.1. The van der Waals surface area contributed by atoms with E-state index >= 15 is 0 Å². The predicted octanol–water partition coefficient (Wildman–Crippen LogP) is -0.853. The first-order chi connectivity index (χ1) is 4.68. The van der Waals surface area contributed by atoms with Gasteiger partial charge in [-0.15, -0.1) is 0 Å². The van der Waals surface area contributed by atoms with Crippen LogP contribution in [-0.2, 0) is 4.79 Å². The summed E-state index contributed by atoms with van der Waals surface area (Å²) in [4.78, 5) is 10.1. The summed E-state index contributed by atoms with van der Waals surface area (Å²) in [7, 11) is 0. The Bertz CT molecular complexity index is 111. The van der Waals surface area contributed by atoms with Crippen molar-refractivity contribution < 1.29 is 9.90 Å². The van der Waals surface area contributed by atoms with Crippen molar-refractivity contribution in [2.45, 2.75) is 25.3 Å². The monoisotopic (exact) mass is 226 g/mol. The van der Waals surface area contributed by atoms with Crippen LogP contribution in [0.3, 0.4) is 0 Å². The van der Waals surface area contributed by atoms with Gasteiger partial charge in [-0.05, 0) is 19.4 Å². The van der Waals surface area contributed by atoms with E-state index in [0.717, 1.165) is 12.8 Å². The van der Waals surface area contributed by atoms with Crippen molar-refractivity contribution in [1.82, 2.24) is 0 Å². The van der Waals surface area contributed by atoms with E-state index in [0.29, 0.717) is 13.0 Å². The van der Waals surface area contributed by atoms with Crippen LogP contribution in [0.2, 0.25) is 0 Å². The number of unbranched alkanes of at least 4 members (excludes halogenated alkanes) is 1. The number of hydrogen-bond acceptors (Lipinski definition) is 3. The number of nitrogens with two attached hydrogens (primary N) is 2. The molecule has 11 heavy (non-hydrogen) atoms. The van der Waals surface area contributed by atoms with E-state index in [4.69, 9.17) is 16.6 Å². The fourth-order valence-electron chi connectivity index (χ4n) is 0.632. The molecule has 4 nitrogen and oxygen atoms in total. The Hall–Kier alpha value is -0.0905. The van der Waals surface area contributed by atoms with Crippen molar-refractivity contribution in [2.24, 2.45) is 11.5 Å². The third kappa shape index (κ3) is 7.81. The van der Waals surface area contributed by atoms with Crippen molar-refractivity contribution in [2.75, 3.05) is 6.54 Å². The summed E-state index contributed by atoms with van der Waals surface area (Å²) < 4.78 is 0. The summed E-state index contributed by atoms with van der Waals surface area (Å²) in [5.74, 6) is -0.933. The molecule has 0 saturated heterocycles. The molecule has 1 atom stereocenters. The van der Waals surface area contributed by atoms with Crippen molar-refractivity contribution >= 4 is 23.0 Å². The molecule has 0 aromatic heterocycles. The molecule has 5 N–H and O–H groups in total. The zero-order chi connectivity index (χ0) is 7.98. The van der Waals surface area contributed by atoms with Crippen LogP contribution in [0, 0.1) is 0 Å². The minimum absolute atomic E-state index is 0. The van der Waals surface area contributed by atoms with Gasteiger partial charge in [-0.3, -0.25) is 4.79 Å². The molecule has 0 aliphatic carbocycles. The van der Waals surface area contributed by atoms with E-state index in [1.165, 1.54) is 0 Å². The Morgan fingerprint density at radius 1 is 1.45 bits per heavy atom. The molecule has 0 aromatic carbocycles. The molecule has 0 bridgehead atoms. The number of rotatable bonds is 5. The zero-order valence-electron chi connectivity index (χ0n) is 6.32. The standard InChI is InChI=1S/C6H14N2O2.Se/c7-4-2-1-3-5(8)6(9)10;/h5H,1-4,7-8H2,(H,9,10);/t5-;/m0./s1. The second-order valence-electron chi connectivity index (χ2n) is 2.23. The molecule has 0 aliphatic heterocycles. The maximum Gasteiger partial charge on any atom is 0.320 e. The van der Waals surface area contributed by atoms with Gasteiger partial charge in [-0.2, -0.15) is 0 Å². The summed E-state index contributed by atoms with van der Waals surface area (Å²) in [6.45, 7) is 0.604. The average molecular weight is 225 g/mol. The second-order valence-corrected chi connectivity index (χ2v) is 2.23. The number of aliphatic carboxylic acids is 1. The SMILES string of the molecule is NCCCC[C@H](N)C(=O)O.[Se]. The number of carboxylic acid groups (broad SMARTS) is 1. The van der Waals surface area contributed by atoms with Gasteiger partial charge in [0.25, 0.3) is 0 Å². The number of carboxylic acids is 1. The molecule has 5 heteroatoms. The summed E-state index contributed by atoms with van der Waals surface area (Å²) in [5.41, 5.74) is 10.4. The maximum absolute atomic E-state index is 10.1. The molecule has 0 spiro atoms. The van der Waals surface area contributed by atoms with E-state index in [-0.39, 0.29) is 17.1 Å². The molecule has 0 saturated carbocycles. The summed E-state index contributed by atoms with van der Waals surface area (Å²) >= 11 is 0. The molecular weight excluding hydrogens is 211 g/mol. The summed E-state index contributed by atoms with van der Waals surface area (Å²) in [5, 5.41) is 8.33. The predicted molar refractivity (Wildman–Crippen MR) is 44.3 cm³/mol. The third-order valence-corrected chi connectivity index (χ3v) is 1.29. The Morgan fingerprint density at radius 2 is 2.00 bits per heavy atom. The van der Waals surface area contributed by atoms with Gasteiger partial charge in [-0.25, -0.2) is 0 Å². The van der Waals surface area contributed by atoms with Crippen molar-refractivity contribution in [1.29, 1.82) is 0 Å². The Balaban J connectivity index is 0. The van der Waals surface area contributed by atoms with Crippen LogP contribution in [0.4, 0.5) is 0 Å². The Kier molecular flexibility index (Phi) is 9.83. The van der Waals surface area contributed by atoms with Crippen LogP contribution < -0.4 is 11.5 Å². The van der Waals surface area contributed by atoms with Crippen LogP contribution in [-0.4, -0.2) is 40.7 Å². The molecule has 0 unspecified atom stereocenters. The zero-order valence-corrected chi connectivity index (χ0v) is 8.04. The van der Waals surface area contributed by atoms with Crippen molar-refractivity contribution in [3.05, 3.63) is 0 Å². The number of carbonyl (C=O) groups is 1. The number of hydrogen-bond donors (Lipinski definition) is 3. The normalized spacial score (nSPS) is 11.8. The minimum atomic E-state index is -0.933. The topological polar surface area (TPSA) is 89.3 Å². The van der Waals surface area contributed by atoms with Crippen LogP contribution in [0.1, 0.15) is 19.3 Å². The van der Waals surface area contributed by atoms with Gasteiger partial charge in [0.15, 0.2) is 0 Å². The molecular formula is C6H14N2O2Se. The van der Waals surface area contributed by atoms with Crippen molar-refractivity contribution in [3.8, 4) is 0 Å². The molecule has 0 aliphatic rings. The molecule has 0 heterocycles. The molecule has 0 aromatic rings. The Morgan fingerprint density at radius 3 is 2.36 bits per heavy atom. The van der Waals surface area contributed by atoms with Gasteiger partial charge in [0.2, 0.25) is 0 Å². The van der Waals surface area contributed by atoms with Crippen LogP contribution in [0.5, 0.6) is 0 Å². The molecule has 0 amide bonds. The van der Waals surface area contributed by atoms with Crippen LogP contribution >= 0.6 is 0 Å².